The Labute approximate surface area is 186 Å². The van der Waals surface area contributed by atoms with Gasteiger partial charge >= 0.3 is 5.97 Å². The van der Waals surface area contributed by atoms with Crippen molar-refractivity contribution in [2.75, 3.05) is 0 Å². The van der Waals surface area contributed by atoms with Crippen LogP contribution in [0.3, 0.4) is 0 Å². The standard InChI is InChI=1S/C22H28Cl3FO3/c1-11-8-13-14-9-15(26)12-6-4-5-7-21(12,3)22(14,25)16(27)10-20(13,2)17(11)29-19(28)18(23)24/h5-7,11,13-18,27H,4,8-10H2,1-3H3/t11-,13+,14+,15+,16+,17-,20+,21+,22+/m1/s1. The van der Waals surface area contributed by atoms with Gasteiger partial charge in [-0.2, -0.15) is 0 Å². The lowest BCUT2D eigenvalue weighted by atomic mass is 9.46. The SMILES string of the molecule is C[C@@H]1C[C@H]2[C@@H]3C[C@H](F)C4=CCC=C[C@]4(C)[C@@]3(Cl)[C@@H](O)C[C@]2(C)[C@@H]1OC(=O)C(Cl)Cl. The van der Waals surface area contributed by atoms with E-state index in [1.54, 1.807) is 0 Å². The summed E-state index contributed by atoms with van der Waals surface area (Å²) >= 11 is 18.7. The molecule has 3 fully saturated rings. The molecule has 4 rings (SSSR count). The molecular weight excluding hydrogens is 438 g/mol. The zero-order chi connectivity index (χ0) is 21.4. The Hall–Kier alpha value is -0.290. The summed E-state index contributed by atoms with van der Waals surface area (Å²) in [5.41, 5.74) is -0.573. The number of hydrogen-bond donors (Lipinski definition) is 1. The first kappa shape index (κ1) is 21.9. The molecule has 9 atom stereocenters. The molecule has 7 heteroatoms. The molecule has 0 saturated heterocycles. The van der Waals surface area contributed by atoms with Crippen LogP contribution in [0.5, 0.6) is 0 Å². The second kappa shape index (κ2) is 7.12. The molecule has 0 radical (unpaired) electrons. The Kier molecular flexibility index (Phi) is 5.38. The topological polar surface area (TPSA) is 46.5 Å². The summed E-state index contributed by atoms with van der Waals surface area (Å²) in [5, 5.41) is 11.4. The van der Waals surface area contributed by atoms with Crippen molar-refractivity contribution < 1.29 is 19.0 Å². The molecule has 0 aliphatic heterocycles. The van der Waals surface area contributed by atoms with Crippen molar-refractivity contribution in [3.05, 3.63) is 23.8 Å². The number of rotatable bonds is 2. The average Bonchev–Trinajstić information content (AvgIpc) is 2.88. The van der Waals surface area contributed by atoms with Gasteiger partial charge in [-0.1, -0.05) is 62.2 Å². The number of aliphatic hydroxyl groups excluding tert-OH is 1. The van der Waals surface area contributed by atoms with Crippen LogP contribution in [0.2, 0.25) is 0 Å². The van der Waals surface area contributed by atoms with E-state index in [0.717, 1.165) is 6.42 Å². The van der Waals surface area contributed by atoms with Crippen LogP contribution in [0.1, 0.15) is 46.5 Å². The minimum absolute atomic E-state index is 0.0206. The van der Waals surface area contributed by atoms with Gasteiger partial charge in [0.15, 0.2) is 0 Å². The molecule has 162 valence electrons. The smallest absolute Gasteiger partial charge is 0.339 e. The third-order valence-corrected chi connectivity index (χ3v) is 9.60. The number of carbonyl (C=O) groups is 1. The van der Waals surface area contributed by atoms with Crippen LogP contribution in [0, 0.1) is 28.6 Å². The fourth-order valence-electron chi connectivity index (χ4n) is 7.10. The van der Waals surface area contributed by atoms with E-state index in [4.69, 9.17) is 39.5 Å². The van der Waals surface area contributed by atoms with E-state index in [1.165, 1.54) is 0 Å². The Balaban J connectivity index is 1.75. The number of fused-ring (bicyclic) bond motifs is 5. The first-order valence-electron chi connectivity index (χ1n) is 10.3. The lowest BCUT2D eigenvalue weighted by molar-refractivity contribution is -0.166. The molecule has 0 aromatic rings. The van der Waals surface area contributed by atoms with Crippen molar-refractivity contribution in [3.8, 4) is 0 Å². The van der Waals surface area contributed by atoms with Gasteiger partial charge in [0.2, 0.25) is 4.84 Å². The molecule has 0 spiro atoms. The fourth-order valence-corrected chi connectivity index (χ4v) is 7.70. The maximum Gasteiger partial charge on any atom is 0.339 e. The normalized spacial score (nSPS) is 51.1. The van der Waals surface area contributed by atoms with Gasteiger partial charge < -0.3 is 9.84 Å². The summed E-state index contributed by atoms with van der Waals surface area (Å²) in [7, 11) is 0. The highest BCUT2D eigenvalue weighted by Gasteiger charge is 2.71. The third-order valence-electron chi connectivity index (χ3n) is 8.32. The van der Waals surface area contributed by atoms with Gasteiger partial charge in [-0.15, -0.1) is 11.6 Å². The van der Waals surface area contributed by atoms with E-state index in [-0.39, 0.29) is 24.2 Å². The molecule has 3 saturated carbocycles. The van der Waals surface area contributed by atoms with Crippen molar-refractivity contribution >= 4 is 40.8 Å². The molecule has 29 heavy (non-hydrogen) atoms. The zero-order valence-corrected chi connectivity index (χ0v) is 19.1. The Morgan fingerprint density at radius 3 is 2.66 bits per heavy atom. The van der Waals surface area contributed by atoms with Crippen LogP contribution in [-0.2, 0) is 9.53 Å². The van der Waals surface area contributed by atoms with Crippen LogP contribution in [0.25, 0.3) is 0 Å². The lowest BCUT2D eigenvalue weighted by Crippen LogP contribution is -2.67. The van der Waals surface area contributed by atoms with Crippen LogP contribution in [0.15, 0.2) is 23.8 Å². The zero-order valence-electron chi connectivity index (χ0n) is 16.9. The van der Waals surface area contributed by atoms with Gasteiger partial charge in [0.05, 0.1) is 11.0 Å². The summed E-state index contributed by atoms with van der Waals surface area (Å²) in [5.74, 6) is -0.861. The molecule has 4 aliphatic carbocycles. The van der Waals surface area contributed by atoms with Gasteiger partial charge in [-0.3, -0.25) is 0 Å². The van der Waals surface area contributed by atoms with E-state index in [0.29, 0.717) is 18.4 Å². The van der Waals surface area contributed by atoms with Crippen LogP contribution in [-0.4, -0.2) is 39.2 Å². The maximum absolute atomic E-state index is 15.4. The molecule has 0 heterocycles. The third kappa shape index (κ3) is 2.88. The van der Waals surface area contributed by atoms with E-state index in [9.17, 15) is 9.90 Å². The van der Waals surface area contributed by atoms with E-state index in [1.807, 2.05) is 39.0 Å². The maximum atomic E-state index is 15.4. The fraction of sp³-hybridized carbons (Fsp3) is 0.773. The summed E-state index contributed by atoms with van der Waals surface area (Å²) in [4.78, 5) is 9.88. The lowest BCUT2D eigenvalue weighted by Gasteiger charge is -2.63. The number of alkyl halides is 4. The molecule has 0 amide bonds. The van der Waals surface area contributed by atoms with Crippen molar-refractivity contribution in [2.24, 2.45) is 28.6 Å². The predicted molar refractivity (Wildman–Crippen MR) is 113 cm³/mol. The van der Waals surface area contributed by atoms with Gasteiger partial charge in [-0.25, -0.2) is 9.18 Å². The molecule has 0 unspecified atom stereocenters. The summed E-state index contributed by atoms with van der Waals surface area (Å²) < 4.78 is 21.1. The molecule has 3 nitrogen and oxygen atoms in total. The molecule has 0 aromatic carbocycles. The van der Waals surface area contributed by atoms with Crippen LogP contribution in [0.4, 0.5) is 4.39 Å². The summed E-state index contributed by atoms with van der Waals surface area (Å²) in [6.07, 6.45) is 5.61. The minimum Gasteiger partial charge on any atom is -0.459 e. The predicted octanol–water partition coefficient (Wildman–Crippen LogP) is 5.36. The second-order valence-corrected chi connectivity index (χ2v) is 11.5. The number of aliphatic hydroxyl groups is 1. The van der Waals surface area contributed by atoms with Crippen molar-refractivity contribution in [3.63, 3.8) is 0 Å². The summed E-state index contributed by atoms with van der Waals surface area (Å²) in [6.45, 7) is 5.99. The quantitative estimate of drug-likeness (QED) is 0.339. The number of esters is 1. The first-order valence-corrected chi connectivity index (χ1v) is 11.6. The monoisotopic (exact) mass is 464 g/mol. The Morgan fingerprint density at radius 2 is 2.00 bits per heavy atom. The van der Waals surface area contributed by atoms with Crippen LogP contribution >= 0.6 is 34.8 Å². The minimum atomic E-state index is -1.26. The van der Waals surface area contributed by atoms with Crippen LogP contribution < -0.4 is 0 Å². The molecule has 4 aliphatic rings. The highest BCUT2D eigenvalue weighted by Crippen LogP contribution is 2.69. The highest BCUT2D eigenvalue weighted by atomic mass is 35.5. The number of hydrogen-bond acceptors (Lipinski definition) is 3. The van der Waals surface area contributed by atoms with E-state index in [2.05, 4.69) is 0 Å². The molecule has 0 aromatic heterocycles. The van der Waals surface area contributed by atoms with E-state index >= 15 is 4.39 Å². The molecule has 1 N–H and O–H groups in total. The number of halogens is 4. The highest BCUT2D eigenvalue weighted by molar-refractivity contribution is 6.52. The van der Waals surface area contributed by atoms with Gasteiger partial charge in [0.25, 0.3) is 0 Å². The van der Waals surface area contributed by atoms with Crippen molar-refractivity contribution in [1.82, 2.24) is 0 Å². The average molecular weight is 466 g/mol. The summed E-state index contributed by atoms with van der Waals surface area (Å²) in [6, 6.07) is 0. The number of allylic oxidation sites excluding steroid dienone is 4. The second-order valence-electron chi connectivity index (χ2n) is 9.78. The largest absolute Gasteiger partial charge is 0.459 e. The van der Waals surface area contributed by atoms with Gasteiger partial charge in [0, 0.05) is 10.8 Å². The van der Waals surface area contributed by atoms with Crippen molar-refractivity contribution in [2.45, 2.75) is 74.5 Å². The van der Waals surface area contributed by atoms with Crippen molar-refractivity contribution in [1.29, 1.82) is 0 Å². The Bertz CT molecular complexity index is 770. The van der Waals surface area contributed by atoms with E-state index < -0.39 is 44.9 Å². The number of carbonyl (C=O) groups excluding carboxylic acids is 1. The Morgan fingerprint density at radius 1 is 1.31 bits per heavy atom. The molecular formula is C22H28Cl3FO3. The number of ether oxygens (including phenoxy) is 1. The van der Waals surface area contributed by atoms with Gasteiger partial charge in [-0.05, 0) is 49.0 Å². The molecule has 0 bridgehead atoms. The van der Waals surface area contributed by atoms with Gasteiger partial charge in [0.1, 0.15) is 12.3 Å². The first-order chi connectivity index (χ1) is 13.5.